The van der Waals surface area contributed by atoms with Crippen LogP contribution in [0.5, 0.6) is 5.75 Å². The Morgan fingerprint density at radius 1 is 1.32 bits per heavy atom. The molecule has 0 aromatic heterocycles. The van der Waals surface area contributed by atoms with Gasteiger partial charge < -0.3 is 14.7 Å². The summed E-state index contributed by atoms with van der Waals surface area (Å²) in [6.07, 6.45) is 0.155. The summed E-state index contributed by atoms with van der Waals surface area (Å²) in [5.41, 5.74) is 4.68. The minimum Gasteiger partial charge on any atom is -0.496 e. The van der Waals surface area contributed by atoms with E-state index in [1.807, 2.05) is 18.9 Å². The Labute approximate surface area is 115 Å². The van der Waals surface area contributed by atoms with E-state index in [0.29, 0.717) is 13.1 Å². The van der Waals surface area contributed by atoms with Gasteiger partial charge in [-0.25, -0.2) is 0 Å². The number of benzene rings is 1. The van der Waals surface area contributed by atoms with Crippen LogP contribution in [0.1, 0.15) is 28.7 Å². The van der Waals surface area contributed by atoms with Crippen molar-refractivity contribution < 1.29 is 14.6 Å². The van der Waals surface area contributed by atoms with Crippen LogP contribution in [0.25, 0.3) is 0 Å². The van der Waals surface area contributed by atoms with Gasteiger partial charge in [0, 0.05) is 18.7 Å². The van der Waals surface area contributed by atoms with Crippen molar-refractivity contribution in [2.24, 2.45) is 0 Å². The first-order valence-electron chi connectivity index (χ1n) is 6.40. The van der Waals surface area contributed by atoms with Crippen LogP contribution in [0.15, 0.2) is 6.07 Å². The molecule has 1 N–H and O–H groups in total. The second-order valence-electron chi connectivity index (χ2n) is 5.03. The molecular formula is C15H23NO3. The second-order valence-corrected chi connectivity index (χ2v) is 5.03. The average Bonchev–Trinajstić information content (AvgIpc) is 2.34. The Balaban J connectivity index is 2.94. The first-order chi connectivity index (χ1) is 8.86. The molecule has 0 saturated carbocycles. The summed E-state index contributed by atoms with van der Waals surface area (Å²) in [6, 6.07) is 2.15. The fourth-order valence-corrected chi connectivity index (χ4v) is 2.21. The van der Waals surface area contributed by atoms with E-state index >= 15 is 0 Å². The standard InChI is InChI=1S/C15H23NO3/c1-10-8-11(2)13(15(19-5)12(10)3)9-16(4)7-6-14(17)18/h8H,6-7,9H2,1-5H3,(H,17,18). The van der Waals surface area contributed by atoms with Gasteiger partial charge in [-0.3, -0.25) is 4.79 Å². The van der Waals surface area contributed by atoms with Crippen molar-refractivity contribution in [3.8, 4) is 5.75 Å². The highest BCUT2D eigenvalue weighted by Gasteiger charge is 2.14. The number of rotatable bonds is 6. The lowest BCUT2D eigenvalue weighted by Crippen LogP contribution is -2.22. The summed E-state index contributed by atoms with van der Waals surface area (Å²) in [4.78, 5) is 12.6. The van der Waals surface area contributed by atoms with Gasteiger partial charge in [0.25, 0.3) is 0 Å². The summed E-state index contributed by atoms with van der Waals surface area (Å²) in [7, 11) is 3.61. The maximum Gasteiger partial charge on any atom is 0.304 e. The lowest BCUT2D eigenvalue weighted by Gasteiger charge is -2.21. The zero-order valence-electron chi connectivity index (χ0n) is 12.4. The lowest BCUT2D eigenvalue weighted by atomic mass is 9.98. The zero-order chi connectivity index (χ0) is 14.6. The van der Waals surface area contributed by atoms with Crippen molar-refractivity contribution in [1.82, 2.24) is 4.90 Å². The highest BCUT2D eigenvalue weighted by Crippen LogP contribution is 2.30. The quantitative estimate of drug-likeness (QED) is 0.858. The molecule has 106 valence electrons. The number of hydrogen-bond acceptors (Lipinski definition) is 3. The Morgan fingerprint density at radius 3 is 2.47 bits per heavy atom. The van der Waals surface area contributed by atoms with Crippen LogP contribution in [0.3, 0.4) is 0 Å². The number of aliphatic carboxylic acids is 1. The van der Waals surface area contributed by atoms with Crippen LogP contribution in [-0.2, 0) is 11.3 Å². The molecule has 0 radical (unpaired) electrons. The summed E-state index contributed by atoms with van der Waals surface area (Å²) in [5, 5.41) is 8.71. The molecule has 0 heterocycles. The number of hydrogen-bond donors (Lipinski definition) is 1. The molecular weight excluding hydrogens is 242 g/mol. The topological polar surface area (TPSA) is 49.8 Å². The van der Waals surface area contributed by atoms with Crippen LogP contribution in [0, 0.1) is 20.8 Å². The molecule has 0 saturated heterocycles. The first-order valence-corrected chi connectivity index (χ1v) is 6.40. The number of carboxylic acid groups (broad SMARTS) is 1. The minimum atomic E-state index is -0.768. The van der Waals surface area contributed by atoms with Crippen molar-refractivity contribution >= 4 is 5.97 Å². The average molecular weight is 265 g/mol. The number of carbonyl (C=O) groups is 1. The number of carboxylic acids is 1. The molecule has 0 bridgehead atoms. The van der Waals surface area contributed by atoms with Crippen molar-refractivity contribution in [1.29, 1.82) is 0 Å². The molecule has 0 aliphatic heterocycles. The maximum absolute atomic E-state index is 10.6. The third-order valence-electron chi connectivity index (χ3n) is 3.45. The Hall–Kier alpha value is -1.55. The molecule has 1 rings (SSSR count). The van der Waals surface area contributed by atoms with Gasteiger partial charge in [-0.2, -0.15) is 0 Å². The fourth-order valence-electron chi connectivity index (χ4n) is 2.21. The van der Waals surface area contributed by atoms with Gasteiger partial charge in [-0.05, 0) is 44.5 Å². The highest BCUT2D eigenvalue weighted by atomic mass is 16.5. The first kappa shape index (κ1) is 15.5. The van der Waals surface area contributed by atoms with Gasteiger partial charge >= 0.3 is 5.97 Å². The molecule has 0 atom stereocenters. The molecule has 0 amide bonds. The predicted molar refractivity (Wildman–Crippen MR) is 75.8 cm³/mol. The van der Waals surface area contributed by atoms with E-state index in [-0.39, 0.29) is 6.42 Å². The number of nitrogens with zero attached hydrogens (tertiary/aromatic N) is 1. The highest BCUT2D eigenvalue weighted by molar-refractivity contribution is 5.66. The van der Waals surface area contributed by atoms with Crippen LogP contribution >= 0.6 is 0 Å². The van der Waals surface area contributed by atoms with E-state index in [4.69, 9.17) is 9.84 Å². The van der Waals surface area contributed by atoms with Gasteiger partial charge in [0.2, 0.25) is 0 Å². The SMILES string of the molecule is COc1c(C)c(C)cc(C)c1CN(C)CCC(=O)O. The van der Waals surface area contributed by atoms with Gasteiger partial charge in [0.1, 0.15) is 5.75 Å². The second kappa shape index (κ2) is 6.57. The molecule has 0 aliphatic rings. The van der Waals surface area contributed by atoms with Crippen LogP contribution in [-0.4, -0.2) is 36.7 Å². The minimum absolute atomic E-state index is 0.155. The third kappa shape index (κ3) is 3.96. The molecule has 0 fully saturated rings. The molecule has 4 heteroatoms. The number of methoxy groups -OCH3 is 1. The molecule has 0 spiro atoms. The summed E-state index contributed by atoms with van der Waals surface area (Å²) in [5.74, 6) is 0.148. The molecule has 19 heavy (non-hydrogen) atoms. The Bertz CT molecular complexity index is 469. The smallest absolute Gasteiger partial charge is 0.304 e. The van der Waals surface area contributed by atoms with Gasteiger partial charge in [0.15, 0.2) is 0 Å². The molecule has 4 nitrogen and oxygen atoms in total. The zero-order valence-corrected chi connectivity index (χ0v) is 12.4. The van der Waals surface area contributed by atoms with E-state index in [0.717, 1.165) is 16.9 Å². The number of ether oxygens (including phenoxy) is 1. The summed E-state index contributed by atoms with van der Waals surface area (Å²) < 4.78 is 5.52. The van der Waals surface area contributed by atoms with Crippen LogP contribution < -0.4 is 4.74 Å². The van der Waals surface area contributed by atoms with E-state index in [1.165, 1.54) is 11.1 Å². The normalized spacial score (nSPS) is 10.8. The maximum atomic E-state index is 10.6. The third-order valence-corrected chi connectivity index (χ3v) is 3.45. The summed E-state index contributed by atoms with van der Waals surface area (Å²) >= 11 is 0. The van der Waals surface area contributed by atoms with Gasteiger partial charge in [-0.1, -0.05) is 6.07 Å². The fraction of sp³-hybridized carbons (Fsp3) is 0.533. The summed E-state index contributed by atoms with van der Waals surface area (Å²) in [6.45, 7) is 7.42. The molecule has 0 aliphatic carbocycles. The number of aryl methyl sites for hydroxylation is 2. The van der Waals surface area contributed by atoms with Crippen LogP contribution in [0.4, 0.5) is 0 Å². The Morgan fingerprint density at radius 2 is 1.95 bits per heavy atom. The van der Waals surface area contributed by atoms with Crippen molar-refractivity contribution in [2.75, 3.05) is 20.7 Å². The predicted octanol–water partition coefficient (Wildman–Crippen LogP) is 2.53. The molecule has 1 aromatic carbocycles. The van der Waals surface area contributed by atoms with Gasteiger partial charge in [-0.15, -0.1) is 0 Å². The van der Waals surface area contributed by atoms with E-state index in [1.54, 1.807) is 7.11 Å². The molecule has 0 unspecified atom stereocenters. The van der Waals surface area contributed by atoms with Crippen molar-refractivity contribution in [3.63, 3.8) is 0 Å². The van der Waals surface area contributed by atoms with E-state index in [2.05, 4.69) is 19.9 Å². The monoisotopic (exact) mass is 265 g/mol. The van der Waals surface area contributed by atoms with Gasteiger partial charge in [0.05, 0.1) is 13.5 Å². The van der Waals surface area contributed by atoms with Crippen molar-refractivity contribution in [2.45, 2.75) is 33.7 Å². The Kier molecular flexibility index (Phi) is 5.36. The molecule has 1 aromatic rings. The van der Waals surface area contributed by atoms with E-state index in [9.17, 15) is 4.79 Å². The largest absolute Gasteiger partial charge is 0.496 e. The lowest BCUT2D eigenvalue weighted by molar-refractivity contribution is -0.137. The van der Waals surface area contributed by atoms with Crippen molar-refractivity contribution in [3.05, 3.63) is 28.3 Å². The van der Waals surface area contributed by atoms with E-state index < -0.39 is 5.97 Å². The van der Waals surface area contributed by atoms with Crippen LogP contribution in [0.2, 0.25) is 0 Å².